The van der Waals surface area contributed by atoms with Gasteiger partial charge in [0.1, 0.15) is 23.9 Å². The van der Waals surface area contributed by atoms with Crippen LogP contribution in [0.3, 0.4) is 0 Å². The Balaban J connectivity index is 2.22. The summed E-state index contributed by atoms with van der Waals surface area (Å²) in [4.78, 5) is 51.7. The minimum Gasteiger partial charge on any atom is -0.508 e. The van der Waals surface area contributed by atoms with Gasteiger partial charge in [-0.25, -0.2) is 4.79 Å². The molecule has 1 fully saturated rings. The normalized spacial score (nSPS) is 18.1. The van der Waals surface area contributed by atoms with Gasteiger partial charge in [-0.2, -0.15) is 24.4 Å². The van der Waals surface area contributed by atoms with Gasteiger partial charge in [-0.3, -0.25) is 14.4 Å². The molecule has 3 amide bonds. The molecule has 0 aliphatic carbocycles. The van der Waals surface area contributed by atoms with Gasteiger partial charge in [0.15, 0.2) is 0 Å². The van der Waals surface area contributed by atoms with E-state index in [1.54, 1.807) is 12.1 Å². The number of nitrogens with two attached hydrogens (primary N) is 1. The largest absolute Gasteiger partial charge is 0.508 e. The van der Waals surface area contributed by atoms with Crippen LogP contribution in [0.1, 0.15) is 24.8 Å². The van der Waals surface area contributed by atoms with Gasteiger partial charge in [0.05, 0.1) is 6.04 Å². The second kappa shape index (κ2) is 13.4. The van der Waals surface area contributed by atoms with Crippen molar-refractivity contribution >= 4 is 48.1 Å². The van der Waals surface area contributed by atoms with Crippen LogP contribution < -0.4 is 16.4 Å². The zero-order valence-electron chi connectivity index (χ0n) is 19.0. The molecule has 1 aromatic carbocycles. The highest BCUT2D eigenvalue weighted by atomic mass is 32.2. The molecule has 1 heterocycles. The van der Waals surface area contributed by atoms with Crippen molar-refractivity contribution in [2.75, 3.05) is 24.3 Å². The van der Waals surface area contributed by atoms with Crippen LogP contribution in [0.15, 0.2) is 24.3 Å². The molecular weight excluding hydrogens is 480 g/mol. The summed E-state index contributed by atoms with van der Waals surface area (Å²) in [6.07, 6.45) is 3.22. The zero-order valence-corrected chi connectivity index (χ0v) is 20.7. The van der Waals surface area contributed by atoms with Crippen molar-refractivity contribution in [3.8, 4) is 5.75 Å². The highest BCUT2D eigenvalue weighted by Gasteiger charge is 2.38. The number of hydrogen-bond acceptors (Lipinski definition) is 8. The molecule has 10 nitrogen and oxygen atoms in total. The second-order valence-corrected chi connectivity index (χ2v) is 9.44. The Bertz CT molecular complexity index is 869. The number of nitrogens with zero attached hydrogens (tertiary/aromatic N) is 1. The summed E-state index contributed by atoms with van der Waals surface area (Å²) in [6, 6.07) is 2.37. The topological polar surface area (TPSA) is 162 Å². The predicted octanol–water partition coefficient (Wildman–Crippen LogP) is -0.00990. The zero-order chi connectivity index (χ0) is 25.3. The summed E-state index contributed by atoms with van der Waals surface area (Å²) in [7, 11) is 0. The molecule has 12 heteroatoms. The summed E-state index contributed by atoms with van der Waals surface area (Å²) < 4.78 is 0. The van der Waals surface area contributed by atoms with E-state index < -0.39 is 47.9 Å². The molecule has 0 radical (unpaired) electrons. The molecule has 1 aromatic rings. The third kappa shape index (κ3) is 7.81. The van der Waals surface area contributed by atoms with E-state index in [0.717, 1.165) is 0 Å². The fourth-order valence-corrected chi connectivity index (χ4v) is 4.33. The van der Waals surface area contributed by atoms with E-state index >= 15 is 0 Å². The van der Waals surface area contributed by atoms with Crippen LogP contribution in [0, 0.1) is 0 Å². The molecule has 1 saturated heterocycles. The standard InChI is InChI=1S/C22H32N4O6S2/c1-34-10-8-16(21(30)26-9-2-3-18(26)22(31)32)24-20(29)17(25-19(28)15(23)12-33)11-13-4-6-14(27)7-5-13/h4-7,15-18,27,33H,2-3,8-12,23H2,1H3,(H,24,29)(H,25,28)(H,31,32). The number of thioether (sulfide) groups is 1. The molecule has 1 aliphatic heterocycles. The molecular formula is C22H32N4O6S2. The number of benzene rings is 1. The minimum atomic E-state index is -1.07. The molecule has 0 aromatic heterocycles. The van der Waals surface area contributed by atoms with E-state index in [0.29, 0.717) is 37.1 Å². The molecule has 4 atom stereocenters. The molecule has 0 saturated carbocycles. The van der Waals surface area contributed by atoms with E-state index in [2.05, 4.69) is 23.3 Å². The number of aromatic hydroxyl groups is 1. The SMILES string of the molecule is CSCCC(NC(=O)C(Cc1ccc(O)cc1)NC(=O)C(N)CS)C(=O)N1CCCC1C(=O)O. The minimum absolute atomic E-state index is 0.0622. The maximum Gasteiger partial charge on any atom is 0.326 e. The van der Waals surface area contributed by atoms with Crippen molar-refractivity contribution in [2.45, 2.75) is 49.9 Å². The number of carboxylic acid groups (broad SMARTS) is 1. The van der Waals surface area contributed by atoms with Gasteiger partial charge in [0, 0.05) is 18.7 Å². The molecule has 0 spiro atoms. The van der Waals surface area contributed by atoms with Crippen LogP contribution in [0.4, 0.5) is 0 Å². The van der Waals surface area contributed by atoms with E-state index in [9.17, 15) is 29.4 Å². The first-order valence-corrected chi connectivity index (χ1v) is 13.0. The fourth-order valence-electron chi connectivity index (χ4n) is 3.69. The number of aliphatic carboxylic acids is 1. The molecule has 6 N–H and O–H groups in total. The number of hydrogen-bond donors (Lipinski definition) is 6. The number of nitrogens with one attached hydrogen (secondary N) is 2. The number of amides is 3. The third-order valence-corrected chi connectivity index (χ3v) is 6.63. The Morgan fingerprint density at radius 1 is 1.18 bits per heavy atom. The molecule has 34 heavy (non-hydrogen) atoms. The van der Waals surface area contributed by atoms with E-state index in [-0.39, 0.29) is 17.9 Å². The first-order valence-electron chi connectivity index (χ1n) is 10.9. The van der Waals surface area contributed by atoms with Crippen molar-refractivity contribution in [2.24, 2.45) is 5.73 Å². The average molecular weight is 513 g/mol. The number of likely N-dealkylation sites (tertiary alicyclic amines) is 1. The van der Waals surface area contributed by atoms with Crippen molar-refractivity contribution < 1.29 is 29.4 Å². The highest BCUT2D eigenvalue weighted by Crippen LogP contribution is 2.20. The number of rotatable bonds is 12. The molecule has 1 aliphatic rings. The lowest BCUT2D eigenvalue weighted by atomic mass is 10.0. The second-order valence-electron chi connectivity index (χ2n) is 8.09. The maximum absolute atomic E-state index is 13.2. The highest BCUT2D eigenvalue weighted by molar-refractivity contribution is 7.98. The van der Waals surface area contributed by atoms with Gasteiger partial charge in [-0.1, -0.05) is 12.1 Å². The van der Waals surface area contributed by atoms with Crippen molar-refractivity contribution in [3.05, 3.63) is 29.8 Å². The van der Waals surface area contributed by atoms with Crippen LogP contribution in [0.25, 0.3) is 0 Å². The van der Waals surface area contributed by atoms with E-state index in [1.165, 1.54) is 28.8 Å². The lowest BCUT2D eigenvalue weighted by Crippen LogP contribution is -2.58. The summed E-state index contributed by atoms with van der Waals surface area (Å²) in [5.41, 5.74) is 6.42. The summed E-state index contributed by atoms with van der Waals surface area (Å²) in [5.74, 6) is -1.95. The summed E-state index contributed by atoms with van der Waals surface area (Å²) in [6.45, 7) is 0.311. The molecule has 4 unspecified atom stereocenters. The maximum atomic E-state index is 13.2. The van der Waals surface area contributed by atoms with Crippen molar-refractivity contribution in [3.63, 3.8) is 0 Å². The number of carbonyl (C=O) groups is 4. The Morgan fingerprint density at radius 3 is 2.41 bits per heavy atom. The van der Waals surface area contributed by atoms with Gasteiger partial charge in [-0.15, -0.1) is 0 Å². The Kier molecular flexibility index (Phi) is 11.0. The number of thiol groups is 1. The van der Waals surface area contributed by atoms with Gasteiger partial charge in [-0.05, 0) is 49.0 Å². The molecule has 0 bridgehead atoms. The summed E-state index contributed by atoms with van der Waals surface area (Å²) >= 11 is 5.52. The number of phenolic OH excluding ortho intramolecular Hbond substituents is 1. The van der Waals surface area contributed by atoms with Crippen LogP contribution in [0.2, 0.25) is 0 Å². The molecule has 188 valence electrons. The number of phenols is 1. The van der Waals surface area contributed by atoms with Gasteiger partial charge in [0.25, 0.3) is 0 Å². The smallest absolute Gasteiger partial charge is 0.326 e. The number of carbonyl (C=O) groups excluding carboxylic acids is 3. The lowest BCUT2D eigenvalue weighted by Gasteiger charge is -2.29. The van der Waals surface area contributed by atoms with Gasteiger partial charge < -0.3 is 31.5 Å². The monoisotopic (exact) mass is 512 g/mol. The van der Waals surface area contributed by atoms with Gasteiger partial charge in [0.2, 0.25) is 17.7 Å². The van der Waals surface area contributed by atoms with Crippen LogP contribution in [-0.2, 0) is 25.6 Å². The quantitative estimate of drug-likeness (QED) is 0.213. The van der Waals surface area contributed by atoms with E-state index in [4.69, 9.17) is 5.73 Å². The van der Waals surface area contributed by atoms with Crippen molar-refractivity contribution in [1.29, 1.82) is 0 Å². The van der Waals surface area contributed by atoms with Crippen LogP contribution >= 0.6 is 24.4 Å². The Labute approximate surface area is 208 Å². The summed E-state index contributed by atoms with van der Waals surface area (Å²) in [5, 5.41) is 24.3. The predicted molar refractivity (Wildman–Crippen MR) is 133 cm³/mol. The Hall–Kier alpha value is -2.44. The fraction of sp³-hybridized carbons (Fsp3) is 0.545. The number of carboxylic acids is 1. The average Bonchev–Trinajstić information content (AvgIpc) is 3.31. The Morgan fingerprint density at radius 2 is 1.82 bits per heavy atom. The first-order chi connectivity index (χ1) is 16.2. The van der Waals surface area contributed by atoms with E-state index in [1.807, 2.05) is 6.26 Å². The van der Waals surface area contributed by atoms with Crippen molar-refractivity contribution in [1.82, 2.24) is 15.5 Å². The van der Waals surface area contributed by atoms with Crippen LogP contribution in [-0.4, -0.2) is 87.3 Å². The lowest BCUT2D eigenvalue weighted by molar-refractivity contribution is -0.149. The van der Waals surface area contributed by atoms with Gasteiger partial charge >= 0.3 is 5.97 Å². The third-order valence-electron chi connectivity index (χ3n) is 5.59. The van der Waals surface area contributed by atoms with Crippen LogP contribution in [0.5, 0.6) is 5.75 Å². The molecule has 2 rings (SSSR count). The first kappa shape index (κ1) is 27.8.